The van der Waals surface area contributed by atoms with E-state index < -0.39 is 0 Å². The molecular formula is C17H17N3O. The van der Waals surface area contributed by atoms with Crippen molar-refractivity contribution in [3.63, 3.8) is 0 Å². The van der Waals surface area contributed by atoms with E-state index in [1.54, 1.807) is 11.8 Å². The lowest BCUT2D eigenvalue weighted by Crippen LogP contribution is -2.03. The molecule has 0 aliphatic rings. The van der Waals surface area contributed by atoms with E-state index in [-0.39, 0.29) is 0 Å². The van der Waals surface area contributed by atoms with Crippen molar-refractivity contribution in [2.24, 2.45) is 0 Å². The van der Waals surface area contributed by atoms with Gasteiger partial charge in [0.1, 0.15) is 11.6 Å². The van der Waals surface area contributed by atoms with E-state index in [9.17, 15) is 0 Å². The summed E-state index contributed by atoms with van der Waals surface area (Å²) in [5.74, 6) is 1.44. The van der Waals surface area contributed by atoms with E-state index in [0.29, 0.717) is 5.82 Å². The quantitative estimate of drug-likeness (QED) is 0.799. The molecule has 3 aromatic rings. The van der Waals surface area contributed by atoms with Gasteiger partial charge in [-0.3, -0.25) is 0 Å². The largest absolute Gasteiger partial charge is 0.497 e. The molecule has 0 unspecified atom stereocenters. The van der Waals surface area contributed by atoms with Crippen LogP contribution >= 0.6 is 0 Å². The summed E-state index contributed by atoms with van der Waals surface area (Å²) in [4.78, 5) is 0. The van der Waals surface area contributed by atoms with Crippen molar-refractivity contribution >= 4 is 5.82 Å². The summed E-state index contributed by atoms with van der Waals surface area (Å²) in [6.45, 7) is 2.05. The maximum absolute atomic E-state index is 6.11. The van der Waals surface area contributed by atoms with E-state index in [0.717, 1.165) is 28.3 Å². The van der Waals surface area contributed by atoms with Crippen LogP contribution in [0.2, 0.25) is 0 Å². The molecule has 2 aromatic carbocycles. The Morgan fingerprint density at radius 3 is 2.43 bits per heavy atom. The number of nitrogens with two attached hydrogens (primary N) is 1. The van der Waals surface area contributed by atoms with Crippen LogP contribution in [0.15, 0.2) is 54.6 Å². The van der Waals surface area contributed by atoms with Crippen LogP contribution in [-0.4, -0.2) is 16.9 Å². The summed E-state index contributed by atoms with van der Waals surface area (Å²) < 4.78 is 6.94. The molecule has 4 nitrogen and oxygen atoms in total. The molecule has 1 aromatic heterocycles. The molecule has 106 valence electrons. The van der Waals surface area contributed by atoms with Crippen LogP contribution in [0.3, 0.4) is 0 Å². The Balaban J connectivity index is 2.03. The Morgan fingerprint density at radius 1 is 1.05 bits per heavy atom. The summed E-state index contributed by atoms with van der Waals surface area (Å²) in [5.41, 5.74) is 10.1. The molecule has 0 spiro atoms. The fourth-order valence-corrected chi connectivity index (χ4v) is 2.29. The van der Waals surface area contributed by atoms with Crippen LogP contribution in [0.1, 0.15) is 5.56 Å². The maximum atomic E-state index is 6.11. The van der Waals surface area contributed by atoms with Crippen LogP contribution in [0.5, 0.6) is 5.75 Å². The Hall–Kier alpha value is -2.75. The predicted molar refractivity (Wildman–Crippen MR) is 84.7 cm³/mol. The number of nitrogens with zero attached hydrogens (tertiary/aromatic N) is 2. The third kappa shape index (κ3) is 2.48. The van der Waals surface area contributed by atoms with E-state index in [1.807, 2.05) is 61.5 Å². The fraction of sp³-hybridized carbons (Fsp3) is 0.118. The minimum Gasteiger partial charge on any atom is -0.497 e. The molecule has 21 heavy (non-hydrogen) atoms. The van der Waals surface area contributed by atoms with Gasteiger partial charge in [0.25, 0.3) is 0 Å². The standard InChI is InChI=1S/C17H17N3O/c1-12-5-3-4-6-16(12)20-17(18)11-15(19-20)13-7-9-14(21-2)10-8-13/h3-11H,18H2,1-2H3. The topological polar surface area (TPSA) is 53.1 Å². The van der Waals surface area contributed by atoms with Crippen molar-refractivity contribution in [3.8, 4) is 22.7 Å². The number of para-hydroxylation sites is 1. The highest BCUT2D eigenvalue weighted by molar-refractivity contribution is 5.64. The highest BCUT2D eigenvalue weighted by Gasteiger charge is 2.10. The summed E-state index contributed by atoms with van der Waals surface area (Å²) in [7, 11) is 1.65. The molecule has 2 N–H and O–H groups in total. The number of hydrogen-bond donors (Lipinski definition) is 1. The van der Waals surface area contributed by atoms with Crippen molar-refractivity contribution in [3.05, 3.63) is 60.2 Å². The number of anilines is 1. The first-order chi connectivity index (χ1) is 10.2. The number of aromatic nitrogens is 2. The highest BCUT2D eigenvalue weighted by Crippen LogP contribution is 2.25. The van der Waals surface area contributed by atoms with Crippen LogP contribution in [0.25, 0.3) is 16.9 Å². The van der Waals surface area contributed by atoms with Crippen molar-refractivity contribution < 1.29 is 4.74 Å². The first-order valence-corrected chi connectivity index (χ1v) is 6.75. The molecule has 0 radical (unpaired) electrons. The van der Waals surface area contributed by atoms with Gasteiger partial charge in [-0.25, -0.2) is 4.68 Å². The summed E-state index contributed by atoms with van der Waals surface area (Å²) in [6, 6.07) is 17.7. The fourth-order valence-electron chi connectivity index (χ4n) is 2.29. The SMILES string of the molecule is COc1ccc(-c2cc(N)n(-c3ccccc3C)n2)cc1. The number of aryl methyl sites for hydroxylation is 1. The number of nitrogen functional groups attached to an aromatic ring is 1. The molecule has 0 fully saturated rings. The smallest absolute Gasteiger partial charge is 0.127 e. The van der Waals surface area contributed by atoms with Gasteiger partial charge in [-0.1, -0.05) is 18.2 Å². The average Bonchev–Trinajstić information content (AvgIpc) is 2.90. The maximum Gasteiger partial charge on any atom is 0.127 e. The van der Waals surface area contributed by atoms with E-state index in [4.69, 9.17) is 10.5 Å². The first kappa shape index (κ1) is 13.2. The minimum absolute atomic E-state index is 0.620. The van der Waals surface area contributed by atoms with Crippen LogP contribution in [-0.2, 0) is 0 Å². The molecule has 0 atom stereocenters. The van der Waals surface area contributed by atoms with E-state index >= 15 is 0 Å². The lowest BCUT2D eigenvalue weighted by molar-refractivity contribution is 0.415. The summed E-state index contributed by atoms with van der Waals surface area (Å²) >= 11 is 0. The first-order valence-electron chi connectivity index (χ1n) is 6.75. The van der Waals surface area contributed by atoms with Gasteiger partial charge in [0.2, 0.25) is 0 Å². The van der Waals surface area contributed by atoms with Crippen LogP contribution < -0.4 is 10.5 Å². The Bertz CT molecular complexity index is 760. The van der Waals surface area contributed by atoms with E-state index in [1.165, 1.54) is 0 Å². The zero-order valence-corrected chi connectivity index (χ0v) is 12.1. The number of rotatable bonds is 3. The van der Waals surface area contributed by atoms with Crippen molar-refractivity contribution in [2.45, 2.75) is 6.92 Å². The predicted octanol–water partition coefficient (Wildman–Crippen LogP) is 3.44. The van der Waals surface area contributed by atoms with Gasteiger partial charge < -0.3 is 10.5 Å². The number of benzene rings is 2. The monoisotopic (exact) mass is 279 g/mol. The van der Waals surface area contributed by atoms with Gasteiger partial charge in [-0.05, 0) is 42.8 Å². The molecule has 0 saturated carbocycles. The summed E-state index contributed by atoms with van der Waals surface area (Å²) in [5, 5.41) is 4.62. The van der Waals surface area contributed by atoms with Gasteiger partial charge in [0.05, 0.1) is 18.5 Å². The Morgan fingerprint density at radius 2 is 1.76 bits per heavy atom. The highest BCUT2D eigenvalue weighted by atomic mass is 16.5. The van der Waals surface area contributed by atoms with Gasteiger partial charge in [0.15, 0.2) is 0 Å². The van der Waals surface area contributed by atoms with Gasteiger partial charge in [-0.15, -0.1) is 0 Å². The average molecular weight is 279 g/mol. The third-order valence-electron chi connectivity index (χ3n) is 3.47. The molecule has 0 amide bonds. The third-order valence-corrected chi connectivity index (χ3v) is 3.47. The Kier molecular flexibility index (Phi) is 3.36. The Labute approximate surface area is 123 Å². The number of methoxy groups -OCH3 is 1. The normalized spacial score (nSPS) is 10.6. The lowest BCUT2D eigenvalue weighted by Gasteiger charge is -2.06. The van der Waals surface area contributed by atoms with Crippen LogP contribution in [0.4, 0.5) is 5.82 Å². The molecule has 0 aliphatic carbocycles. The van der Waals surface area contributed by atoms with Crippen molar-refractivity contribution in [2.75, 3.05) is 12.8 Å². The zero-order valence-electron chi connectivity index (χ0n) is 12.1. The number of ether oxygens (including phenoxy) is 1. The van der Waals surface area contributed by atoms with Crippen LogP contribution in [0, 0.1) is 6.92 Å². The molecular weight excluding hydrogens is 262 g/mol. The zero-order chi connectivity index (χ0) is 14.8. The molecule has 3 rings (SSSR count). The molecule has 0 saturated heterocycles. The second kappa shape index (κ2) is 5.32. The second-order valence-corrected chi connectivity index (χ2v) is 4.88. The van der Waals surface area contributed by atoms with Gasteiger partial charge in [0, 0.05) is 11.6 Å². The number of hydrogen-bond acceptors (Lipinski definition) is 3. The molecule has 0 aliphatic heterocycles. The molecule has 1 heterocycles. The van der Waals surface area contributed by atoms with E-state index in [2.05, 4.69) is 5.10 Å². The second-order valence-electron chi connectivity index (χ2n) is 4.88. The summed E-state index contributed by atoms with van der Waals surface area (Å²) in [6.07, 6.45) is 0. The van der Waals surface area contributed by atoms with Gasteiger partial charge >= 0.3 is 0 Å². The molecule has 0 bridgehead atoms. The lowest BCUT2D eigenvalue weighted by atomic mass is 10.1. The minimum atomic E-state index is 0.620. The van der Waals surface area contributed by atoms with Crippen molar-refractivity contribution in [1.29, 1.82) is 0 Å². The van der Waals surface area contributed by atoms with Gasteiger partial charge in [-0.2, -0.15) is 5.10 Å². The van der Waals surface area contributed by atoms with Crippen molar-refractivity contribution in [1.82, 2.24) is 9.78 Å². The molecule has 4 heteroatoms.